The van der Waals surface area contributed by atoms with E-state index in [-0.39, 0.29) is 25.1 Å². The molecule has 0 radical (unpaired) electrons. The van der Waals surface area contributed by atoms with Crippen molar-refractivity contribution in [3.8, 4) is 5.75 Å². The standard InChI is InChI=1S/C26H34N4O5S/c1-3-34-25(31)18-36(32,33)30(14-4-5-20-15-19(2)16-21(17-20)26(27)28)22-6-8-23(9-7-22)35-24-10-12-29-13-11-24/h4-9,15-17,24,29H,3,10-14,18H2,1-2H3,(H3,27,28)/b5-4+. The molecule has 0 atom stereocenters. The van der Waals surface area contributed by atoms with Gasteiger partial charge in [0.1, 0.15) is 17.7 Å². The molecule has 1 aliphatic rings. The minimum atomic E-state index is -4.02. The summed E-state index contributed by atoms with van der Waals surface area (Å²) in [4.78, 5) is 12.0. The first-order chi connectivity index (χ1) is 17.2. The number of carbonyl (C=O) groups is 1. The number of hydrogen-bond acceptors (Lipinski definition) is 7. The molecule has 0 aliphatic carbocycles. The molecule has 1 fully saturated rings. The predicted octanol–water partition coefficient (Wildman–Crippen LogP) is 2.82. The van der Waals surface area contributed by atoms with E-state index in [2.05, 4.69) is 5.32 Å². The predicted molar refractivity (Wildman–Crippen MR) is 142 cm³/mol. The Hall–Kier alpha value is -3.37. The maximum atomic E-state index is 13.2. The number of nitrogens with two attached hydrogens (primary N) is 1. The summed E-state index contributed by atoms with van der Waals surface area (Å²) in [6, 6.07) is 12.3. The highest BCUT2D eigenvalue weighted by atomic mass is 32.2. The number of rotatable bonds is 11. The molecule has 10 heteroatoms. The third kappa shape index (κ3) is 7.82. The van der Waals surface area contributed by atoms with Gasteiger partial charge in [0.15, 0.2) is 5.75 Å². The van der Waals surface area contributed by atoms with Gasteiger partial charge < -0.3 is 20.5 Å². The van der Waals surface area contributed by atoms with Gasteiger partial charge in [0.25, 0.3) is 0 Å². The number of amidine groups is 1. The molecule has 1 heterocycles. The fraction of sp³-hybridized carbons (Fsp3) is 0.385. The van der Waals surface area contributed by atoms with E-state index in [4.69, 9.17) is 20.6 Å². The average molecular weight is 515 g/mol. The Bertz CT molecular complexity index is 1190. The number of benzene rings is 2. The first-order valence-electron chi connectivity index (χ1n) is 11.9. The lowest BCUT2D eigenvalue weighted by Crippen LogP contribution is -2.36. The molecule has 36 heavy (non-hydrogen) atoms. The van der Waals surface area contributed by atoms with Gasteiger partial charge in [-0.3, -0.25) is 14.5 Å². The van der Waals surface area contributed by atoms with Gasteiger partial charge >= 0.3 is 5.97 Å². The summed E-state index contributed by atoms with van der Waals surface area (Å²) in [5.41, 5.74) is 8.33. The third-order valence-electron chi connectivity index (χ3n) is 5.65. The minimum absolute atomic E-state index is 0.000413. The fourth-order valence-corrected chi connectivity index (χ4v) is 5.25. The van der Waals surface area contributed by atoms with E-state index in [9.17, 15) is 13.2 Å². The van der Waals surface area contributed by atoms with Gasteiger partial charge in [-0.2, -0.15) is 0 Å². The second-order valence-electron chi connectivity index (χ2n) is 8.60. The largest absolute Gasteiger partial charge is 0.490 e. The van der Waals surface area contributed by atoms with Crippen molar-refractivity contribution in [1.29, 1.82) is 5.41 Å². The topological polar surface area (TPSA) is 135 Å². The maximum Gasteiger partial charge on any atom is 0.323 e. The van der Waals surface area contributed by atoms with Crippen LogP contribution in [0.5, 0.6) is 5.75 Å². The van der Waals surface area contributed by atoms with Crippen LogP contribution in [-0.4, -0.2) is 58.3 Å². The monoisotopic (exact) mass is 514 g/mol. The van der Waals surface area contributed by atoms with E-state index in [1.807, 2.05) is 19.1 Å². The molecule has 0 amide bonds. The Morgan fingerprint density at radius 1 is 1.19 bits per heavy atom. The van der Waals surface area contributed by atoms with Crippen LogP contribution in [0, 0.1) is 12.3 Å². The van der Waals surface area contributed by atoms with Gasteiger partial charge in [-0.15, -0.1) is 0 Å². The number of carbonyl (C=O) groups excluding carboxylic acids is 1. The van der Waals surface area contributed by atoms with Crippen LogP contribution in [0.1, 0.15) is 36.5 Å². The van der Waals surface area contributed by atoms with Gasteiger partial charge in [-0.05, 0) is 87.3 Å². The summed E-state index contributed by atoms with van der Waals surface area (Å²) in [5, 5.41) is 11.0. The first kappa shape index (κ1) is 27.2. The van der Waals surface area contributed by atoms with Gasteiger partial charge in [0, 0.05) is 5.56 Å². The van der Waals surface area contributed by atoms with Crippen molar-refractivity contribution < 1.29 is 22.7 Å². The summed E-state index contributed by atoms with van der Waals surface area (Å²) < 4.78 is 38.4. The maximum absolute atomic E-state index is 13.2. The zero-order chi connectivity index (χ0) is 26.1. The van der Waals surface area contributed by atoms with Crippen molar-refractivity contribution in [2.24, 2.45) is 5.73 Å². The third-order valence-corrected chi connectivity index (χ3v) is 7.28. The van der Waals surface area contributed by atoms with E-state index in [1.165, 1.54) is 4.31 Å². The molecule has 1 saturated heterocycles. The molecule has 2 aromatic rings. The summed E-state index contributed by atoms with van der Waals surface area (Å²) in [7, 11) is -4.02. The molecule has 194 valence electrons. The number of aryl methyl sites for hydroxylation is 1. The number of esters is 1. The van der Waals surface area contributed by atoms with Crippen LogP contribution < -0.4 is 20.1 Å². The Morgan fingerprint density at radius 3 is 2.53 bits per heavy atom. The number of nitrogen functional groups attached to an aromatic ring is 1. The molecule has 0 spiro atoms. The van der Waals surface area contributed by atoms with Crippen molar-refractivity contribution in [3.63, 3.8) is 0 Å². The summed E-state index contributed by atoms with van der Waals surface area (Å²) >= 11 is 0. The first-order valence-corrected chi connectivity index (χ1v) is 13.5. The molecule has 2 aromatic carbocycles. The van der Waals surface area contributed by atoms with Crippen LogP contribution in [0.15, 0.2) is 48.5 Å². The average Bonchev–Trinajstić information content (AvgIpc) is 2.82. The highest BCUT2D eigenvalue weighted by Gasteiger charge is 2.26. The van der Waals surface area contributed by atoms with Crippen molar-refractivity contribution in [2.75, 3.05) is 36.3 Å². The number of sulfonamides is 1. The molecule has 3 rings (SSSR count). The number of anilines is 1. The minimum Gasteiger partial charge on any atom is -0.490 e. The van der Waals surface area contributed by atoms with Crippen molar-refractivity contribution in [1.82, 2.24) is 5.32 Å². The Morgan fingerprint density at radius 2 is 1.89 bits per heavy atom. The van der Waals surface area contributed by atoms with Gasteiger partial charge in [-0.25, -0.2) is 8.42 Å². The second kappa shape index (κ2) is 12.5. The van der Waals surface area contributed by atoms with Crippen LogP contribution in [0.4, 0.5) is 5.69 Å². The van der Waals surface area contributed by atoms with Crippen molar-refractivity contribution >= 4 is 33.6 Å². The molecular formula is C26H34N4O5S. The summed E-state index contributed by atoms with van der Waals surface area (Å²) in [5.74, 6) is -0.942. The van der Waals surface area contributed by atoms with Crippen LogP contribution in [0.3, 0.4) is 0 Å². The Labute approximate surface area is 212 Å². The SMILES string of the molecule is CCOC(=O)CS(=O)(=O)N(C/C=C/c1cc(C)cc(C(=N)N)c1)c1ccc(OC2CCNCC2)cc1. The number of nitrogens with one attached hydrogen (secondary N) is 2. The molecule has 1 aliphatic heterocycles. The lowest BCUT2D eigenvalue weighted by atomic mass is 10.1. The van der Waals surface area contributed by atoms with Crippen LogP contribution in [0.2, 0.25) is 0 Å². The fourth-order valence-electron chi connectivity index (χ4n) is 3.95. The highest BCUT2D eigenvalue weighted by Crippen LogP contribution is 2.24. The number of nitrogens with zero attached hydrogens (tertiary/aromatic N) is 1. The molecule has 0 aromatic heterocycles. The zero-order valence-electron chi connectivity index (χ0n) is 20.7. The summed E-state index contributed by atoms with van der Waals surface area (Å²) in [6.45, 7) is 5.44. The van der Waals surface area contributed by atoms with Gasteiger partial charge in [0.2, 0.25) is 10.0 Å². The van der Waals surface area contributed by atoms with Crippen LogP contribution in [-0.2, 0) is 19.6 Å². The van der Waals surface area contributed by atoms with Crippen molar-refractivity contribution in [3.05, 3.63) is 65.2 Å². The van der Waals surface area contributed by atoms with E-state index in [1.54, 1.807) is 49.4 Å². The number of piperidine rings is 1. The normalized spacial score (nSPS) is 14.5. The van der Waals surface area contributed by atoms with E-state index >= 15 is 0 Å². The van der Waals surface area contributed by atoms with E-state index in [0.717, 1.165) is 37.1 Å². The number of ether oxygens (including phenoxy) is 2. The van der Waals surface area contributed by atoms with Gasteiger partial charge in [-0.1, -0.05) is 18.2 Å². The zero-order valence-corrected chi connectivity index (χ0v) is 21.5. The quantitative estimate of drug-likeness (QED) is 0.238. The molecule has 0 bridgehead atoms. The number of hydrogen-bond donors (Lipinski definition) is 3. The van der Waals surface area contributed by atoms with Gasteiger partial charge in [0.05, 0.1) is 18.8 Å². The van der Waals surface area contributed by atoms with Crippen molar-refractivity contribution in [2.45, 2.75) is 32.8 Å². The molecule has 9 nitrogen and oxygen atoms in total. The lowest BCUT2D eigenvalue weighted by Gasteiger charge is -2.25. The van der Waals surface area contributed by atoms with E-state index in [0.29, 0.717) is 17.0 Å². The lowest BCUT2D eigenvalue weighted by molar-refractivity contribution is -0.139. The molecule has 0 saturated carbocycles. The molecular weight excluding hydrogens is 480 g/mol. The van der Waals surface area contributed by atoms with Crippen LogP contribution >= 0.6 is 0 Å². The molecule has 4 N–H and O–H groups in total. The van der Waals surface area contributed by atoms with Crippen LogP contribution in [0.25, 0.3) is 6.08 Å². The smallest absolute Gasteiger partial charge is 0.323 e. The second-order valence-corrected chi connectivity index (χ2v) is 10.5. The Balaban J connectivity index is 1.82. The Kier molecular flexibility index (Phi) is 9.49. The highest BCUT2D eigenvalue weighted by molar-refractivity contribution is 7.93. The van der Waals surface area contributed by atoms with E-state index < -0.39 is 21.7 Å². The summed E-state index contributed by atoms with van der Waals surface area (Å²) in [6.07, 6.45) is 5.41. The molecule has 0 unspecified atom stereocenters.